The SMILES string of the molecule is Nc1ncc(F)cc1C(=O)Nc1ccc2c(c1)OCCO2. The molecule has 0 saturated heterocycles. The van der Waals surface area contributed by atoms with E-state index >= 15 is 0 Å². The predicted octanol–water partition coefficient (Wildman–Crippen LogP) is 1.83. The third-order valence-electron chi connectivity index (χ3n) is 2.93. The van der Waals surface area contributed by atoms with Crippen molar-refractivity contribution < 1.29 is 18.7 Å². The molecule has 2 aromatic rings. The number of nitrogens with one attached hydrogen (secondary N) is 1. The standard InChI is InChI=1S/C14H12FN3O3/c15-8-5-10(13(16)17-7-8)14(19)18-9-1-2-11-12(6-9)21-4-3-20-11/h1-2,5-7H,3-4H2,(H2,16,17)(H,18,19). The second-order valence-corrected chi connectivity index (χ2v) is 4.40. The van der Waals surface area contributed by atoms with Gasteiger partial charge < -0.3 is 20.5 Å². The molecule has 1 aliphatic rings. The Bertz CT molecular complexity index is 706. The summed E-state index contributed by atoms with van der Waals surface area (Å²) in [6, 6.07) is 6.02. The molecule has 6 nitrogen and oxygen atoms in total. The Kier molecular flexibility index (Phi) is 3.31. The molecule has 7 heteroatoms. The van der Waals surface area contributed by atoms with Crippen LogP contribution in [0.15, 0.2) is 30.5 Å². The van der Waals surface area contributed by atoms with Crippen LogP contribution in [0.5, 0.6) is 11.5 Å². The molecular weight excluding hydrogens is 277 g/mol. The summed E-state index contributed by atoms with van der Waals surface area (Å²) in [7, 11) is 0. The highest BCUT2D eigenvalue weighted by Crippen LogP contribution is 2.32. The normalized spacial score (nSPS) is 12.8. The molecule has 1 aromatic heterocycles. The first-order chi connectivity index (χ1) is 10.1. The lowest BCUT2D eigenvalue weighted by Gasteiger charge is -2.19. The lowest BCUT2D eigenvalue weighted by atomic mass is 10.2. The van der Waals surface area contributed by atoms with Crippen molar-refractivity contribution in [1.29, 1.82) is 0 Å². The Hall–Kier alpha value is -2.83. The van der Waals surface area contributed by atoms with E-state index in [4.69, 9.17) is 15.2 Å². The molecule has 2 heterocycles. The Morgan fingerprint density at radius 3 is 2.81 bits per heavy atom. The molecule has 108 valence electrons. The fourth-order valence-corrected chi connectivity index (χ4v) is 1.95. The van der Waals surface area contributed by atoms with Crippen LogP contribution in [-0.2, 0) is 0 Å². The van der Waals surface area contributed by atoms with Crippen LogP contribution in [-0.4, -0.2) is 24.1 Å². The number of nitrogens with two attached hydrogens (primary N) is 1. The van der Waals surface area contributed by atoms with Crippen LogP contribution in [0.4, 0.5) is 15.9 Å². The molecule has 1 amide bonds. The van der Waals surface area contributed by atoms with Crippen LogP contribution in [0.2, 0.25) is 0 Å². The van der Waals surface area contributed by atoms with E-state index in [1.54, 1.807) is 18.2 Å². The molecule has 0 fully saturated rings. The van der Waals surface area contributed by atoms with Crippen molar-refractivity contribution in [2.45, 2.75) is 0 Å². The molecule has 0 radical (unpaired) electrons. The minimum Gasteiger partial charge on any atom is -0.486 e. The van der Waals surface area contributed by atoms with E-state index in [-0.39, 0.29) is 11.4 Å². The van der Waals surface area contributed by atoms with Gasteiger partial charge in [0.1, 0.15) is 24.8 Å². The third-order valence-corrected chi connectivity index (χ3v) is 2.93. The number of pyridine rings is 1. The van der Waals surface area contributed by atoms with Crippen LogP contribution < -0.4 is 20.5 Å². The summed E-state index contributed by atoms with van der Waals surface area (Å²) >= 11 is 0. The fourth-order valence-electron chi connectivity index (χ4n) is 1.95. The van der Waals surface area contributed by atoms with Crippen molar-refractivity contribution >= 4 is 17.4 Å². The zero-order valence-corrected chi connectivity index (χ0v) is 10.9. The van der Waals surface area contributed by atoms with Gasteiger partial charge in [0, 0.05) is 11.8 Å². The maximum absolute atomic E-state index is 13.1. The van der Waals surface area contributed by atoms with Gasteiger partial charge in [-0.15, -0.1) is 0 Å². The number of carbonyl (C=O) groups is 1. The average molecular weight is 289 g/mol. The summed E-state index contributed by atoms with van der Waals surface area (Å²) in [4.78, 5) is 15.7. The van der Waals surface area contributed by atoms with E-state index < -0.39 is 11.7 Å². The van der Waals surface area contributed by atoms with Gasteiger partial charge in [-0.1, -0.05) is 0 Å². The lowest BCUT2D eigenvalue weighted by molar-refractivity contribution is 0.102. The highest BCUT2D eigenvalue weighted by Gasteiger charge is 2.15. The molecule has 3 N–H and O–H groups in total. The van der Waals surface area contributed by atoms with Crippen LogP contribution in [0, 0.1) is 5.82 Å². The van der Waals surface area contributed by atoms with Crippen molar-refractivity contribution in [2.24, 2.45) is 0 Å². The van der Waals surface area contributed by atoms with Gasteiger partial charge in [-0.2, -0.15) is 0 Å². The van der Waals surface area contributed by atoms with Gasteiger partial charge in [-0.3, -0.25) is 4.79 Å². The van der Waals surface area contributed by atoms with Crippen LogP contribution in [0.3, 0.4) is 0 Å². The van der Waals surface area contributed by atoms with E-state index in [9.17, 15) is 9.18 Å². The van der Waals surface area contributed by atoms with Crippen molar-refractivity contribution in [3.8, 4) is 11.5 Å². The molecule has 0 atom stereocenters. The second kappa shape index (κ2) is 5.28. The number of fused-ring (bicyclic) bond motifs is 1. The molecule has 0 saturated carbocycles. The number of anilines is 2. The van der Waals surface area contributed by atoms with Gasteiger partial charge in [-0.25, -0.2) is 9.37 Å². The van der Waals surface area contributed by atoms with Crippen molar-refractivity contribution in [3.05, 3.63) is 41.8 Å². The highest BCUT2D eigenvalue weighted by molar-refractivity contribution is 6.07. The van der Waals surface area contributed by atoms with Gasteiger partial charge in [0.05, 0.1) is 11.8 Å². The lowest BCUT2D eigenvalue weighted by Crippen LogP contribution is -2.17. The number of benzene rings is 1. The molecule has 0 spiro atoms. The molecule has 1 aromatic carbocycles. The molecule has 3 rings (SSSR count). The first-order valence-electron chi connectivity index (χ1n) is 6.25. The smallest absolute Gasteiger partial charge is 0.259 e. The highest BCUT2D eigenvalue weighted by atomic mass is 19.1. The minimum absolute atomic E-state index is 0.0233. The number of rotatable bonds is 2. The number of carbonyl (C=O) groups excluding carboxylic acids is 1. The number of nitrogen functional groups attached to an aromatic ring is 1. The summed E-state index contributed by atoms with van der Waals surface area (Å²) < 4.78 is 23.9. The number of hydrogen-bond acceptors (Lipinski definition) is 5. The third kappa shape index (κ3) is 2.71. The van der Waals surface area contributed by atoms with Crippen LogP contribution in [0.1, 0.15) is 10.4 Å². The number of hydrogen-bond donors (Lipinski definition) is 2. The van der Waals surface area contributed by atoms with E-state index in [2.05, 4.69) is 10.3 Å². The summed E-state index contributed by atoms with van der Waals surface area (Å²) in [6.45, 7) is 0.940. The number of amides is 1. The first-order valence-corrected chi connectivity index (χ1v) is 6.25. The van der Waals surface area contributed by atoms with E-state index in [1.807, 2.05) is 0 Å². The topological polar surface area (TPSA) is 86.5 Å². The van der Waals surface area contributed by atoms with E-state index in [1.165, 1.54) is 0 Å². The number of nitrogens with zero attached hydrogens (tertiary/aromatic N) is 1. The Morgan fingerprint density at radius 1 is 1.24 bits per heavy atom. The van der Waals surface area contributed by atoms with Crippen molar-refractivity contribution in [3.63, 3.8) is 0 Å². The Balaban J connectivity index is 1.83. The molecule has 21 heavy (non-hydrogen) atoms. The molecule has 1 aliphatic heterocycles. The molecule has 0 bridgehead atoms. The van der Waals surface area contributed by atoms with Gasteiger partial charge in [0.25, 0.3) is 5.91 Å². The zero-order chi connectivity index (χ0) is 14.8. The zero-order valence-electron chi connectivity index (χ0n) is 10.9. The number of aromatic nitrogens is 1. The quantitative estimate of drug-likeness (QED) is 0.880. The van der Waals surface area contributed by atoms with Gasteiger partial charge in [0.15, 0.2) is 11.5 Å². The number of halogens is 1. The number of ether oxygens (including phenoxy) is 2. The van der Waals surface area contributed by atoms with Crippen LogP contribution in [0.25, 0.3) is 0 Å². The van der Waals surface area contributed by atoms with E-state index in [0.717, 1.165) is 12.3 Å². The maximum Gasteiger partial charge on any atom is 0.259 e. The Morgan fingerprint density at radius 2 is 2.00 bits per heavy atom. The van der Waals surface area contributed by atoms with Crippen LogP contribution >= 0.6 is 0 Å². The fraction of sp³-hybridized carbons (Fsp3) is 0.143. The molecule has 0 aliphatic carbocycles. The van der Waals surface area contributed by atoms with Gasteiger partial charge in [-0.05, 0) is 18.2 Å². The van der Waals surface area contributed by atoms with E-state index in [0.29, 0.717) is 30.4 Å². The summed E-state index contributed by atoms with van der Waals surface area (Å²) in [6.07, 6.45) is 0.955. The largest absolute Gasteiger partial charge is 0.486 e. The summed E-state index contributed by atoms with van der Waals surface area (Å²) in [5.41, 5.74) is 6.04. The molecule has 0 unspecified atom stereocenters. The maximum atomic E-state index is 13.1. The minimum atomic E-state index is -0.628. The van der Waals surface area contributed by atoms with Gasteiger partial charge >= 0.3 is 0 Å². The van der Waals surface area contributed by atoms with Gasteiger partial charge in [0.2, 0.25) is 0 Å². The van der Waals surface area contributed by atoms with Crippen molar-refractivity contribution in [1.82, 2.24) is 4.98 Å². The average Bonchev–Trinajstić information content (AvgIpc) is 2.49. The summed E-state index contributed by atoms with van der Waals surface area (Å²) in [5.74, 6) is -0.0466. The first kappa shape index (κ1) is 13.2. The monoisotopic (exact) mass is 289 g/mol. The van der Waals surface area contributed by atoms with Crippen molar-refractivity contribution in [2.75, 3.05) is 24.3 Å². The predicted molar refractivity (Wildman–Crippen MR) is 74.0 cm³/mol. The summed E-state index contributed by atoms with van der Waals surface area (Å²) in [5, 5.41) is 2.62. The Labute approximate surface area is 119 Å². The molecular formula is C14H12FN3O3. The second-order valence-electron chi connectivity index (χ2n) is 4.40.